The fraction of sp³-hybridized carbons (Fsp3) is 0.727. The zero-order valence-corrected chi connectivity index (χ0v) is 10.8. The van der Waals surface area contributed by atoms with Crippen LogP contribution in [-0.4, -0.2) is 74.1 Å². The average Bonchev–Trinajstić information content (AvgIpc) is 2.37. The van der Waals surface area contributed by atoms with E-state index in [4.69, 9.17) is 4.74 Å². The maximum atomic E-state index is 11.9. The molecule has 0 aromatic carbocycles. The molecule has 7 nitrogen and oxygen atoms in total. The smallest absolute Gasteiger partial charge is 0.336 e. The fourth-order valence-electron chi connectivity index (χ4n) is 1.56. The number of methoxy groups -OCH3 is 1. The van der Waals surface area contributed by atoms with Crippen molar-refractivity contribution in [1.29, 1.82) is 0 Å². The van der Waals surface area contributed by atoms with Crippen molar-refractivity contribution in [3.05, 3.63) is 0 Å². The Labute approximate surface area is 106 Å². The van der Waals surface area contributed by atoms with Gasteiger partial charge in [-0.05, 0) is 0 Å². The summed E-state index contributed by atoms with van der Waals surface area (Å²) in [5, 5.41) is 0. The van der Waals surface area contributed by atoms with E-state index in [1.54, 1.807) is 7.05 Å². The lowest BCUT2D eigenvalue weighted by molar-refractivity contribution is -0.163. The van der Waals surface area contributed by atoms with Crippen molar-refractivity contribution in [2.24, 2.45) is 0 Å². The van der Waals surface area contributed by atoms with Gasteiger partial charge in [-0.2, -0.15) is 0 Å². The summed E-state index contributed by atoms with van der Waals surface area (Å²) in [5.41, 5.74) is 0. The molecule has 2 amide bonds. The molecule has 1 atom stereocenters. The molecule has 0 bridgehead atoms. The van der Waals surface area contributed by atoms with E-state index in [-0.39, 0.29) is 31.5 Å². The molecule has 1 fully saturated rings. The van der Waals surface area contributed by atoms with E-state index < -0.39 is 12.1 Å². The molecule has 7 heteroatoms. The van der Waals surface area contributed by atoms with Crippen LogP contribution in [0, 0.1) is 0 Å². The van der Waals surface area contributed by atoms with Gasteiger partial charge in [-0.15, -0.1) is 0 Å². The van der Waals surface area contributed by atoms with Gasteiger partial charge in [0.05, 0.1) is 26.8 Å². The third-order valence-corrected chi connectivity index (χ3v) is 2.79. The molecule has 1 aliphatic rings. The van der Waals surface area contributed by atoms with Crippen molar-refractivity contribution >= 4 is 17.8 Å². The first-order valence-electron chi connectivity index (χ1n) is 5.64. The summed E-state index contributed by atoms with van der Waals surface area (Å²) in [6, 6.07) is 0. The van der Waals surface area contributed by atoms with Crippen LogP contribution < -0.4 is 0 Å². The van der Waals surface area contributed by atoms with Crippen LogP contribution >= 0.6 is 0 Å². The SMILES string of the molecule is COC(=O)C1CN(C(=O)CN(C)C(C)=O)CCO1. The topological polar surface area (TPSA) is 76.2 Å². The second kappa shape index (κ2) is 6.34. The summed E-state index contributed by atoms with van der Waals surface area (Å²) in [4.78, 5) is 37.1. The minimum atomic E-state index is -0.740. The Bertz CT molecular complexity index is 344. The molecule has 0 N–H and O–H groups in total. The fourth-order valence-corrected chi connectivity index (χ4v) is 1.56. The maximum absolute atomic E-state index is 11.9. The number of rotatable bonds is 3. The second-order valence-corrected chi connectivity index (χ2v) is 4.10. The number of esters is 1. The number of hydrogen-bond donors (Lipinski definition) is 0. The summed E-state index contributed by atoms with van der Waals surface area (Å²) in [6.45, 7) is 2.26. The van der Waals surface area contributed by atoms with E-state index in [0.29, 0.717) is 6.54 Å². The third-order valence-electron chi connectivity index (χ3n) is 2.79. The zero-order valence-electron chi connectivity index (χ0n) is 10.8. The molecular formula is C11H18N2O5. The number of amides is 2. The molecule has 0 spiro atoms. The minimum Gasteiger partial charge on any atom is -0.467 e. The quantitative estimate of drug-likeness (QED) is 0.598. The number of likely N-dealkylation sites (N-methyl/N-ethyl adjacent to an activating group) is 1. The van der Waals surface area contributed by atoms with Crippen LogP contribution in [0.4, 0.5) is 0 Å². The molecule has 102 valence electrons. The maximum Gasteiger partial charge on any atom is 0.336 e. The van der Waals surface area contributed by atoms with Gasteiger partial charge in [0, 0.05) is 20.5 Å². The summed E-state index contributed by atoms with van der Waals surface area (Å²) >= 11 is 0. The third kappa shape index (κ3) is 3.69. The Balaban J connectivity index is 2.53. The van der Waals surface area contributed by atoms with Crippen LogP contribution in [-0.2, 0) is 23.9 Å². The number of carbonyl (C=O) groups is 3. The molecule has 0 aromatic rings. The highest BCUT2D eigenvalue weighted by atomic mass is 16.6. The first-order valence-corrected chi connectivity index (χ1v) is 5.64. The first kappa shape index (κ1) is 14.4. The molecule has 0 saturated carbocycles. The van der Waals surface area contributed by atoms with Gasteiger partial charge in [0.1, 0.15) is 0 Å². The van der Waals surface area contributed by atoms with Crippen molar-refractivity contribution in [3.63, 3.8) is 0 Å². The summed E-state index contributed by atoms with van der Waals surface area (Å²) in [6.07, 6.45) is -0.740. The highest BCUT2D eigenvalue weighted by Crippen LogP contribution is 2.07. The van der Waals surface area contributed by atoms with Crippen molar-refractivity contribution in [2.45, 2.75) is 13.0 Å². The molecule has 1 heterocycles. The molecule has 1 aliphatic heterocycles. The number of hydrogen-bond acceptors (Lipinski definition) is 5. The van der Waals surface area contributed by atoms with Gasteiger partial charge in [0.15, 0.2) is 6.10 Å². The standard InChI is InChI=1S/C11H18N2O5/c1-8(14)12(2)7-10(15)13-4-5-18-9(6-13)11(16)17-3/h9H,4-7H2,1-3H3. The zero-order chi connectivity index (χ0) is 13.7. The van der Waals surface area contributed by atoms with Crippen LogP contribution in [0.5, 0.6) is 0 Å². The normalized spacial score (nSPS) is 19.3. The molecule has 1 unspecified atom stereocenters. The van der Waals surface area contributed by atoms with Crippen molar-refractivity contribution < 1.29 is 23.9 Å². The Morgan fingerprint density at radius 1 is 1.44 bits per heavy atom. The number of carbonyl (C=O) groups excluding carboxylic acids is 3. The van der Waals surface area contributed by atoms with E-state index in [2.05, 4.69) is 4.74 Å². The van der Waals surface area contributed by atoms with E-state index >= 15 is 0 Å². The Kier molecular flexibility index (Phi) is 5.08. The van der Waals surface area contributed by atoms with Crippen molar-refractivity contribution in [2.75, 3.05) is 40.4 Å². The highest BCUT2D eigenvalue weighted by Gasteiger charge is 2.30. The highest BCUT2D eigenvalue weighted by molar-refractivity contribution is 5.84. The number of ether oxygens (including phenoxy) is 2. The van der Waals surface area contributed by atoms with Crippen LogP contribution in [0.1, 0.15) is 6.92 Å². The Morgan fingerprint density at radius 2 is 2.11 bits per heavy atom. The largest absolute Gasteiger partial charge is 0.467 e. The van der Waals surface area contributed by atoms with E-state index in [1.165, 1.54) is 23.8 Å². The summed E-state index contributed by atoms with van der Waals surface area (Å²) in [7, 11) is 2.83. The summed E-state index contributed by atoms with van der Waals surface area (Å²) < 4.78 is 9.79. The molecule has 1 saturated heterocycles. The molecule has 18 heavy (non-hydrogen) atoms. The lowest BCUT2D eigenvalue weighted by Crippen LogP contribution is -2.51. The van der Waals surface area contributed by atoms with Gasteiger partial charge in [-0.25, -0.2) is 4.79 Å². The van der Waals surface area contributed by atoms with E-state index in [0.717, 1.165) is 0 Å². The number of nitrogens with zero attached hydrogens (tertiary/aromatic N) is 2. The van der Waals surface area contributed by atoms with Gasteiger partial charge in [0.25, 0.3) is 0 Å². The predicted molar refractivity (Wildman–Crippen MR) is 61.6 cm³/mol. The average molecular weight is 258 g/mol. The van der Waals surface area contributed by atoms with Gasteiger partial charge < -0.3 is 19.3 Å². The first-order chi connectivity index (χ1) is 8.45. The van der Waals surface area contributed by atoms with E-state index in [1.807, 2.05) is 0 Å². The predicted octanol–water partition coefficient (Wildman–Crippen LogP) is -1.13. The Hall–Kier alpha value is -1.63. The van der Waals surface area contributed by atoms with Crippen molar-refractivity contribution in [3.8, 4) is 0 Å². The number of morpholine rings is 1. The molecule has 0 radical (unpaired) electrons. The van der Waals surface area contributed by atoms with Gasteiger partial charge >= 0.3 is 5.97 Å². The van der Waals surface area contributed by atoms with Crippen LogP contribution in [0.2, 0.25) is 0 Å². The van der Waals surface area contributed by atoms with Crippen molar-refractivity contribution in [1.82, 2.24) is 9.80 Å². The van der Waals surface area contributed by atoms with Gasteiger partial charge in [0.2, 0.25) is 11.8 Å². The van der Waals surface area contributed by atoms with Crippen LogP contribution in [0.15, 0.2) is 0 Å². The van der Waals surface area contributed by atoms with Crippen LogP contribution in [0.25, 0.3) is 0 Å². The monoisotopic (exact) mass is 258 g/mol. The molecular weight excluding hydrogens is 240 g/mol. The molecule has 1 rings (SSSR count). The second-order valence-electron chi connectivity index (χ2n) is 4.10. The lowest BCUT2D eigenvalue weighted by atomic mass is 10.2. The molecule has 0 aromatic heterocycles. The van der Waals surface area contributed by atoms with E-state index in [9.17, 15) is 14.4 Å². The summed E-state index contributed by atoms with van der Waals surface area (Å²) in [5.74, 6) is -0.876. The lowest BCUT2D eigenvalue weighted by Gasteiger charge is -2.32. The van der Waals surface area contributed by atoms with Crippen LogP contribution in [0.3, 0.4) is 0 Å². The van der Waals surface area contributed by atoms with Gasteiger partial charge in [-0.1, -0.05) is 0 Å². The Morgan fingerprint density at radius 3 is 2.67 bits per heavy atom. The minimum absolute atomic E-state index is 0.00320. The molecule has 0 aliphatic carbocycles. The van der Waals surface area contributed by atoms with Gasteiger partial charge in [-0.3, -0.25) is 9.59 Å².